The van der Waals surface area contributed by atoms with Crippen molar-refractivity contribution >= 4 is 12.0 Å². The van der Waals surface area contributed by atoms with Crippen LogP contribution in [-0.2, 0) is 9.53 Å². The molecule has 3 heteroatoms. The first kappa shape index (κ1) is 11.3. The Labute approximate surface area is 89.3 Å². The average molecular weight is 206 g/mol. The molecule has 1 aromatic rings. The molecule has 0 fully saturated rings. The zero-order valence-corrected chi connectivity index (χ0v) is 9.11. The number of hydrogen-bond donors (Lipinski definition) is 0. The highest BCUT2D eigenvalue weighted by molar-refractivity contribution is 5.92. The lowest BCUT2D eigenvalue weighted by Gasteiger charge is -2.01. The summed E-state index contributed by atoms with van der Waals surface area (Å²) in [5.41, 5.74) is 1.52. The van der Waals surface area contributed by atoms with Crippen LogP contribution in [0.25, 0.3) is 6.08 Å². The molecule has 3 nitrogen and oxygen atoms in total. The monoisotopic (exact) mass is 206 g/mol. The molecule has 0 saturated heterocycles. The lowest BCUT2D eigenvalue weighted by Crippen LogP contribution is -2.00. The van der Waals surface area contributed by atoms with Crippen molar-refractivity contribution in [2.24, 2.45) is 0 Å². The molecule has 80 valence electrons. The zero-order chi connectivity index (χ0) is 11.3. The van der Waals surface area contributed by atoms with Crippen molar-refractivity contribution in [3.05, 3.63) is 35.4 Å². The number of ether oxygens (including phenoxy) is 2. The van der Waals surface area contributed by atoms with Crippen molar-refractivity contribution in [3.63, 3.8) is 0 Å². The highest BCUT2D eigenvalue weighted by atomic mass is 16.5. The third-order valence-electron chi connectivity index (χ3n) is 2.01. The topological polar surface area (TPSA) is 35.5 Å². The summed E-state index contributed by atoms with van der Waals surface area (Å²) in [7, 11) is 2.98. The first-order chi connectivity index (χ1) is 7.17. The van der Waals surface area contributed by atoms with Gasteiger partial charge in [-0.05, 0) is 30.7 Å². The Bertz CT molecular complexity index is 363. The Balaban J connectivity index is 2.84. The van der Waals surface area contributed by atoms with Crippen LogP contribution < -0.4 is 4.74 Å². The van der Waals surface area contributed by atoms with Crippen LogP contribution >= 0.6 is 0 Å². The molecular formula is C12H14O3. The number of esters is 1. The molecule has 0 heterocycles. The highest BCUT2D eigenvalue weighted by Gasteiger charge is 2.02. The quantitative estimate of drug-likeness (QED) is 0.562. The van der Waals surface area contributed by atoms with Gasteiger partial charge in [-0.2, -0.15) is 0 Å². The van der Waals surface area contributed by atoms with Gasteiger partial charge in [-0.25, -0.2) is 4.79 Å². The number of methoxy groups -OCH3 is 2. The van der Waals surface area contributed by atoms with E-state index in [1.54, 1.807) is 20.1 Å². The molecule has 0 saturated carbocycles. The van der Waals surface area contributed by atoms with Gasteiger partial charge in [-0.15, -0.1) is 0 Å². The maximum absolute atomic E-state index is 11.1. The van der Waals surface area contributed by atoms with Gasteiger partial charge in [0.2, 0.25) is 0 Å². The van der Waals surface area contributed by atoms with Gasteiger partial charge in [-0.3, -0.25) is 0 Å². The molecule has 0 unspecified atom stereocenters. The van der Waals surface area contributed by atoms with Gasteiger partial charge in [-0.1, -0.05) is 12.1 Å². The summed E-state index contributed by atoms with van der Waals surface area (Å²) in [6, 6.07) is 7.45. The van der Waals surface area contributed by atoms with Crippen LogP contribution in [0.5, 0.6) is 5.75 Å². The maximum Gasteiger partial charge on any atom is 0.333 e. The highest BCUT2D eigenvalue weighted by Crippen LogP contribution is 2.14. The van der Waals surface area contributed by atoms with Crippen LogP contribution in [0.2, 0.25) is 0 Å². The van der Waals surface area contributed by atoms with Crippen LogP contribution in [0.3, 0.4) is 0 Å². The maximum atomic E-state index is 11.1. The minimum atomic E-state index is -0.314. The van der Waals surface area contributed by atoms with E-state index in [2.05, 4.69) is 4.74 Å². The van der Waals surface area contributed by atoms with Crippen LogP contribution in [0, 0.1) is 0 Å². The summed E-state index contributed by atoms with van der Waals surface area (Å²) in [6.45, 7) is 1.72. The fourth-order valence-electron chi connectivity index (χ4n) is 1.17. The molecule has 0 atom stereocenters. The average Bonchev–Trinajstić information content (AvgIpc) is 2.29. The molecule has 0 aliphatic rings. The zero-order valence-electron chi connectivity index (χ0n) is 9.11. The van der Waals surface area contributed by atoms with Crippen molar-refractivity contribution in [2.75, 3.05) is 14.2 Å². The van der Waals surface area contributed by atoms with Crippen LogP contribution in [0.15, 0.2) is 29.8 Å². The Kier molecular flexibility index (Phi) is 3.92. The van der Waals surface area contributed by atoms with E-state index in [4.69, 9.17) is 4.74 Å². The summed E-state index contributed by atoms with van der Waals surface area (Å²) in [6.07, 6.45) is 1.77. The molecule has 0 bridgehead atoms. The molecule has 0 aliphatic heterocycles. The van der Waals surface area contributed by atoms with Crippen molar-refractivity contribution in [2.45, 2.75) is 6.92 Å². The second-order valence-corrected chi connectivity index (χ2v) is 3.09. The molecule has 15 heavy (non-hydrogen) atoms. The van der Waals surface area contributed by atoms with E-state index in [1.165, 1.54) is 7.11 Å². The number of rotatable bonds is 3. The van der Waals surface area contributed by atoms with Gasteiger partial charge in [0.05, 0.1) is 14.2 Å². The third-order valence-corrected chi connectivity index (χ3v) is 2.01. The Morgan fingerprint density at radius 3 is 2.27 bits per heavy atom. The molecular weight excluding hydrogens is 192 g/mol. The number of carbonyl (C=O) groups is 1. The molecule has 0 N–H and O–H groups in total. The number of hydrogen-bond acceptors (Lipinski definition) is 3. The molecule has 1 aromatic carbocycles. The molecule has 0 amide bonds. The van der Waals surface area contributed by atoms with Gasteiger partial charge in [0.1, 0.15) is 5.75 Å². The van der Waals surface area contributed by atoms with E-state index in [-0.39, 0.29) is 5.97 Å². The predicted octanol–water partition coefficient (Wildman–Crippen LogP) is 2.27. The molecule has 0 aromatic heterocycles. The number of benzene rings is 1. The fraction of sp³-hybridized carbons (Fsp3) is 0.250. The Morgan fingerprint density at radius 2 is 1.80 bits per heavy atom. The van der Waals surface area contributed by atoms with Gasteiger partial charge in [0, 0.05) is 5.57 Å². The van der Waals surface area contributed by atoms with Gasteiger partial charge < -0.3 is 9.47 Å². The fourth-order valence-corrected chi connectivity index (χ4v) is 1.17. The smallest absolute Gasteiger partial charge is 0.333 e. The van der Waals surface area contributed by atoms with Gasteiger partial charge in [0.25, 0.3) is 0 Å². The molecule has 0 aliphatic carbocycles. The lowest BCUT2D eigenvalue weighted by molar-refractivity contribution is -0.135. The largest absolute Gasteiger partial charge is 0.497 e. The van der Waals surface area contributed by atoms with Crippen LogP contribution in [-0.4, -0.2) is 20.2 Å². The minimum absolute atomic E-state index is 0.314. The van der Waals surface area contributed by atoms with Crippen molar-refractivity contribution in [1.29, 1.82) is 0 Å². The minimum Gasteiger partial charge on any atom is -0.497 e. The van der Waals surface area contributed by atoms with E-state index in [9.17, 15) is 4.79 Å². The van der Waals surface area contributed by atoms with Gasteiger partial charge in [0.15, 0.2) is 0 Å². The van der Waals surface area contributed by atoms with Crippen molar-refractivity contribution in [1.82, 2.24) is 0 Å². The summed E-state index contributed by atoms with van der Waals surface area (Å²) in [5, 5.41) is 0. The number of carbonyl (C=O) groups excluding carboxylic acids is 1. The van der Waals surface area contributed by atoms with E-state index in [1.807, 2.05) is 24.3 Å². The second kappa shape index (κ2) is 5.20. The normalized spacial score (nSPS) is 11.0. The summed E-state index contributed by atoms with van der Waals surface area (Å²) in [5.74, 6) is 0.480. The summed E-state index contributed by atoms with van der Waals surface area (Å²) in [4.78, 5) is 11.1. The Morgan fingerprint density at radius 1 is 1.20 bits per heavy atom. The molecule has 0 spiro atoms. The predicted molar refractivity (Wildman–Crippen MR) is 58.7 cm³/mol. The second-order valence-electron chi connectivity index (χ2n) is 3.09. The van der Waals surface area contributed by atoms with E-state index < -0.39 is 0 Å². The Hall–Kier alpha value is -1.77. The lowest BCUT2D eigenvalue weighted by atomic mass is 10.1. The van der Waals surface area contributed by atoms with Crippen LogP contribution in [0.1, 0.15) is 12.5 Å². The van der Waals surface area contributed by atoms with Crippen molar-refractivity contribution in [3.8, 4) is 5.75 Å². The van der Waals surface area contributed by atoms with E-state index in [0.717, 1.165) is 11.3 Å². The van der Waals surface area contributed by atoms with Crippen molar-refractivity contribution < 1.29 is 14.3 Å². The SMILES string of the molecule is COC(=O)/C(C)=C/c1ccc(OC)cc1. The van der Waals surface area contributed by atoms with E-state index >= 15 is 0 Å². The summed E-state index contributed by atoms with van der Waals surface area (Å²) >= 11 is 0. The summed E-state index contributed by atoms with van der Waals surface area (Å²) < 4.78 is 9.63. The molecule has 1 rings (SSSR count). The standard InChI is InChI=1S/C12H14O3/c1-9(12(13)15-3)8-10-4-6-11(14-2)7-5-10/h4-8H,1-3H3/b9-8+. The first-order valence-corrected chi connectivity index (χ1v) is 4.58. The first-order valence-electron chi connectivity index (χ1n) is 4.58. The van der Waals surface area contributed by atoms with Crippen LogP contribution in [0.4, 0.5) is 0 Å². The van der Waals surface area contributed by atoms with E-state index in [0.29, 0.717) is 5.57 Å². The molecule has 0 radical (unpaired) electrons. The third kappa shape index (κ3) is 3.13. The van der Waals surface area contributed by atoms with Gasteiger partial charge >= 0.3 is 5.97 Å².